The molecule has 2 fully saturated rings. The average Bonchev–Trinajstić information content (AvgIpc) is 3.14. The van der Waals surface area contributed by atoms with E-state index in [2.05, 4.69) is 29.0 Å². The van der Waals surface area contributed by atoms with Crippen molar-refractivity contribution in [2.45, 2.75) is 75.3 Å². The Morgan fingerprint density at radius 2 is 1.80 bits per heavy atom. The Bertz CT molecular complexity index is 791. The first-order chi connectivity index (χ1) is 14.3. The van der Waals surface area contributed by atoms with Gasteiger partial charge < -0.3 is 14.4 Å². The summed E-state index contributed by atoms with van der Waals surface area (Å²) in [5, 5.41) is -0.528. The maximum absolute atomic E-state index is 12.4. The highest BCUT2D eigenvalue weighted by Gasteiger charge is 2.40. The third-order valence-corrected chi connectivity index (χ3v) is 8.21. The quantitative estimate of drug-likeness (QED) is 0.706. The predicted octanol–water partition coefficient (Wildman–Crippen LogP) is 3.27. The minimum absolute atomic E-state index is 0.132. The summed E-state index contributed by atoms with van der Waals surface area (Å²) < 4.78 is 38.6. The zero-order valence-corrected chi connectivity index (χ0v) is 18.9. The van der Waals surface area contributed by atoms with E-state index in [1.54, 1.807) is 18.7 Å². The number of rotatable bonds is 7. The Morgan fingerprint density at radius 1 is 1.13 bits per heavy atom. The van der Waals surface area contributed by atoms with Crippen LogP contribution in [-0.2, 0) is 19.5 Å². The van der Waals surface area contributed by atoms with Crippen molar-refractivity contribution < 1.29 is 22.7 Å². The maximum Gasteiger partial charge on any atom is 0.409 e. The van der Waals surface area contributed by atoms with Crippen LogP contribution in [0, 0.1) is 0 Å². The molecule has 1 aromatic rings. The molecule has 1 heterocycles. The van der Waals surface area contributed by atoms with Crippen molar-refractivity contribution in [3.8, 4) is 0 Å². The van der Waals surface area contributed by atoms with Crippen LogP contribution in [0.4, 0.5) is 4.79 Å². The molecule has 1 N–H and O–H groups in total. The lowest BCUT2D eigenvalue weighted by molar-refractivity contribution is -0.00536. The fourth-order valence-electron chi connectivity index (χ4n) is 4.41. The van der Waals surface area contributed by atoms with E-state index in [1.807, 2.05) is 6.07 Å². The van der Waals surface area contributed by atoms with Crippen molar-refractivity contribution in [3.63, 3.8) is 0 Å². The van der Waals surface area contributed by atoms with Gasteiger partial charge in [0.05, 0.1) is 31.1 Å². The normalized spacial score (nSPS) is 27.4. The number of nitrogens with one attached hydrogen (secondary N) is 1. The Labute approximate surface area is 180 Å². The lowest BCUT2D eigenvalue weighted by Crippen LogP contribution is -2.50. The molecule has 1 unspecified atom stereocenters. The van der Waals surface area contributed by atoms with Crippen molar-refractivity contribution in [2.75, 3.05) is 20.3 Å². The second-order valence-electron chi connectivity index (χ2n) is 8.56. The number of nitrogens with zero attached hydrogens (tertiary/aromatic N) is 1. The number of ether oxygens (including phenoxy) is 2. The molecule has 0 bridgehead atoms. The van der Waals surface area contributed by atoms with E-state index in [0.29, 0.717) is 25.5 Å². The molecule has 0 spiro atoms. The predicted molar refractivity (Wildman–Crippen MR) is 116 cm³/mol. The van der Waals surface area contributed by atoms with Crippen LogP contribution in [0.2, 0.25) is 0 Å². The number of amides is 1. The molecule has 2 atom stereocenters. The van der Waals surface area contributed by atoms with Crippen LogP contribution in [-0.4, -0.2) is 63.1 Å². The van der Waals surface area contributed by atoms with E-state index in [4.69, 9.17) is 9.47 Å². The highest BCUT2D eigenvalue weighted by molar-refractivity contribution is 7.90. The molecular weight excluding hydrogens is 404 g/mol. The number of hydrogen-bond donors (Lipinski definition) is 1. The number of likely N-dealkylation sites (tertiary alicyclic amines) is 1. The molecule has 1 saturated heterocycles. The number of sulfonamides is 1. The minimum atomic E-state index is -3.44. The molecule has 1 aliphatic carbocycles. The smallest absolute Gasteiger partial charge is 0.409 e. The van der Waals surface area contributed by atoms with Gasteiger partial charge in [0.25, 0.3) is 0 Å². The molecule has 1 aliphatic heterocycles. The summed E-state index contributed by atoms with van der Waals surface area (Å²) in [5.74, 6) is 0.565. The topological polar surface area (TPSA) is 84.9 Å². The summed E-state index contributed by atoms with van der Waals surface area (Å²) in [4.78, 5) is 13.8. The third-order valence-electron chi connectivity index (χ3n) is 6.34. The zero-order valence-electron chi connectivity index (χ0n) is 18.1. The van der Waals surface area contributed by atoms with E-state index < -0.39 is 21.4 Å². The van der Waals surface area contributed by atoms with Gasteiger partial charge in [0.15, 0.2) is 0 Å². The van der Waals surface area contributed by atoms with E-state index in [-0.39, 0.29) is 18.2 Å². The molecule has 0 aromatic heterocycles. The standard InChI is InChI=1S/C22H34N2O5S/c1-16(2)30(26,27)23-20-13-14-24(22(25)28-3)21(20)15-29-19-11-9-18(10-12-19)17-7-5-4-6-8-17/h4-8,16,18-21,23H,9-15H2,1-3H3/t18?,19?,20?,21-/m0/s1. The molecule has 2 aliphatic rings. The van der Waals surface area contributed by atoms with Crippen molar-refractivity contribution in [2.24, 2.45) is 0 Å². The van der Waals surface area contributed by atoms with E-state index >= 15 is 0 Å². The van der Waals surface area contributed by atoms with Crippen LogP contribution in [0.1, 0.15) is 57.4 Å². The summed E-state index contributed by atoms with van der Waals surface area (Å²) in [5.41, 5.74) is 1.38. The molecule has 1 amide bonds. The molecule has 168 valence electrons. The number of hydrogen-bond acceptors (Lipinski definition) is 5. The van der Waals surface area contributed by atoms with E-state index in [9.17, 15) is 13.2 Å². The highest BCUT2D eigenvalue weighted by Crippen LogP contribution is 2.34. The zero-order chi connectivity index (χ0) is 21.7. The molecule has 1 saturated carbocycles. The first kappa shape index (κ1) is 23.0. The van der Waals surface area contributed by atoms with Gasteiger partial charge in [-0.05, 0) is 57.4 Å². The third kappa shape index (κ3) is 5.53. The number of methoxy groups -OCH3 is 1. The van der Waals surface area contributed by atoms with Gasteiger partial charge in [0.1, 0.15) is 0 Å². The molecule has 8 heteroatoms. The fourth-order valence-corrected chi connectivity index (χ4v) is 5.38. The maximum atomic E-state index is 12.4. The summed E-state index contributed by atoms with van der Waals surface area (Å²) in [6.45, 7) is 4.05. The van der Waals surface area contributed by atoms with Crippen LogP contribution in [0.5, 0.6) is 0 Å². The summed E-state index contributed by atoms with van der Waals surface area (Å²) >= 11 is 0. The van der Waals surface area contributed by atoms with Gasteiger partial charge in [0, 0.05) is 12.6 Å². The van der Waals surface area contributed by atoms with Crippen molar-refractivity contribution >= 4 is 16.1 Å². The lowest BCUT2D eigenvalue weighted by Gasteiger charge is -2.32. The SMILES string of the molecule is COC(=O)N1CCC(NS(=O)(=O)C(C)C)[C@@H]1COC1CCC(c2ccccc2)CC1. The molecule has 7 nitrogen and oxygen atoms in total. The Hall–Kier alpha value is -1.64. The van der Waals surface area contributed by atoms with Crippen molar-refractivity contribution in [3.05, 3.63) is 35.9 Å². The summed E-state index contributed by atoms with van der Waals surface area (Å²) in [6.07, 6.45) is 4.32. The highest BCUT2D eigenvalue weighted by atomic mass is 32.2. The second-order valence-corrected chi connectivity index (χ2v) is 10.8. The number of carbonyl (C=O) groups excluding carboxylic acids is 1. The van der Waals surface area contributed by atoms with Crippen LogP contribution >= 0.6 is 0 Å². The summed E-state index contributed by atoms with van der Waals surface area (Å²) in [7, 11) is -2.09. The van der Waals surface area contributed by atoms with E-state index in [1.165, 1.54) is 12.7 Å². The van der Waals surface area contributed by atoms with E-state index in [0.717, 1.165) is 25.7 Å². The largest absolute Gasteiger partial charge is 0.453 e. The Balaban J connectivity index is 1.58. The first-order valence-corrected chi connectivity index (χ1v) is 12.4. The van der Waals surface area contributed by atoms with Gasteiger partial charge in [-0.2, -0.15) is 0 Å². The first-order valence-electron chi connectivity index (χ1n) is 10.8. The molecule has 3 rings (SSSR count). The van der Waals surface area contributed by atoms with Crippen molar-refractivity contribution in [1.29, 1.82) is 0 Å². The van der Waals surface area contributed by atoms with Crippen LogP contribution in [0.3, 0.4) is 0 Å². The fraction of sp³-hybridized carbons (Fsp3) is 0.682. The van der Waals surface area contributed by atoms with Gasteiger partial charge >= 0.3 is 6.09 Å². The van der Waals surface area contributed by atoms with Gasteiger partial charge in [0.2, 0.25) is 10.0 Å². The average molecular weight is 439 g/mol. The Morgan fingerprint density at radius 3 is 2.40 bits per heavy atom. The van der Waals surface area contributed by atoms with Gasteiger partial charge in [-0.25, -0.2) is 17.9 Å². The second kappa shape index (κ2) is 10.1. The minimum Gasteiger partial charge on any atom is -0.453 e. The van der Waals surface area contributed by atoms with Crippen LogP contribution < -0.4 is 4.72 Å². The van der Waals surface area contributed by atoms with Gasteiger partial charge in [-0.3, -0.25) is 0 Å². The molecule has 30 heavy (non-hydrogen) atoms. The molecule has 0 radical (unpaired) electrons. The molecular formula is C22H34N2O5S. The van der Waals surface area contributed by atoms with Gasteiger partial charge in [-0.15, -0.1) is 0 Å². The Kier molecular flexibility index (Phi) is 7.76. The summed E-state index contributed by atoms with van der Waals surface area (Å²) in [6, 6.07) is 9.84. The van der Waals surface area contributed by atoms with Crippen LogP contribution in [0.25, 0.3) is 0 Å². The van der Waals surface area contributed by atoms with Crippen molar-refractivity contribution in [1.82, 2.24) is 9.62 Å². The molecule has 1 aromatic carbocycles. The number of benzene rings is 1. The van der Waals surface area contributed by atoms with Crippen LogP contribution in [0.15, 0.2) is 30.3 Å². The lowest BCUT2D eigenvalue weighted by atomic mass is 9.83. The monoisotopic (exact) mass is 438 g/mol. The van der Waals surface area contributed by atoms with Gasteiger partial charge in [-0.1, -0.05) is 30.3 Å². The number of carbonyl (C=O) groups is 1.